The molecule has 8 nitrogen and oxygen atoms in total. The van der Waals surface area contributed by atoms with Gasteiger partial charge in [0, 0.05) is 65.0 Å². The van der Waals surface area contributed by atoms with Crippen LogP contribution in [0.5, 0.6) is 0 Å². The summed E-state index contributed by atoms with van der Waals surface area (Å²) in [6.07, 6.45) is 3.25. The van der Waals surface area contributed by atoms with Gasteiger partial charge in [0.05, 0.1) is 30.4 Å². The Labute approximate surface area is 170 Å². The van der Waals surface area contributed by atoms with Crippen LogP contribution in [0.3, 0.4) is 0 Å². The summed E-state index contributed by atoms with van der Waals surface area (Å²) in [5.74, 6) is 0.263. The molecule has 29 heavy (non-hydrogen) atoms. The van der Waals surface area contributed by atoms with E-state index in [1.54, 1.807) is 18.0 Å². The minimum absolute atomic E-state index is 0.0290. The van der Waals surface area contributed by atoms with Gasteiger partial charge < -0.3 is 14.5 Å². The van der Waals surface area contributed by atoms with Crippen LogP contribution in [0.25, 0.3) is 10.9 Å². The molecule has 1 aromatic carbocycles. The molecule has 0 radical (unpaired) electrons. The molecule has 156 valence electrons. The molecule has 2 aliphatic heterocycles. The smallest absolute Gasteiger partial charge is 0.261 e. The second kappa shape index (κ2) is 8.51. The summed E-state index contributed by atoms with van der Waals surface area (Å²) in [5.41, 5.74) is 1.81. The van der Waals surface area contributed by atoms with E-state index in [0.29, 0.717) is 31.0 Å². The predicted octanol–water partition coefficient (Wildman–Crippen LogP) is 0.786. The van der Waals surface area contributed by atoms with Crippen molar-refractivity contribution in [3.8, 4) is 0 Å². The topological polar surface area (TPSA) is 70.9 Å². The highest BCUT2D eigenvalue weighted by molar-refractivity contribution is 5.81. The van der Waals surface area contributed by atoms with E-state index < -0.39 is 0 Å². The molecular formula is C21H29N5O3. The zero-order chi connectivity index (χ0) is 20.4. The molecule has 0 spiro atoms. The van der Waals surface area contributed by atoms with Crippen molar-refractivity contribution in [3.63, 3.8) is 0 Å². The Hall–Kier alpha value is -2.45. The molecule has 2 saturated heterocycles. The fraction of sp³-hybridized carbons (Fsp3) is 0.571. The van der Waals surface area contributed by atoms with Crippen molar-refractivity contribution in [2.24, 2.45) is 0 Å². The number of nitrogens with zero attached hydrogens (tertiary/aromatic N) is 5. The Balaban J connectivity index is 1.40. The van der Waals surface area contributed by atoms with Crippen molar-refractivity contribution in [3.05, 3.63) is 34.9 Å². The highest BCUT2D eigenvalue weighted by Crippen LogP contribution is 2.22. The number of methoxy groups -OCH3 is 1. The van der Waals surface area contributed by atoms with Gasteiger partial charge in [0.2, 0.25) is 5.91 Å². The summed E-state index contributed by atoms with van der Waals surface area (Å²) < 4.78 is 6.65. The maximum atomic E-state index is 12.6. The van der Waals surface area contributed by atoms with Crippen molar-refractivity contribution >= 4 is 22.5 Å². The van der Waals surface area contributed by atoms with E-state index >= 15 is 0 Å². The fourth-order valence-electron chi connectivity index (χ4n) is 4.26. The number of hydrogen-bond donors (Lipinski definition) is 0. The third kappa shape index (κ3) is 4.13. The number of aromatic nitrogens is 2. The van der Waals surface area contributed by atoms with Crippen molar-refractivity contribution in [1.29, 1.82) is 0 Å². The number of hydrogen-bond acceptors (Lipinski definition) is 6. The molecule has 2 aromatic rings. The number of likely N-dealkylation sites (tertiary alicyclic amines) is 1. The lowest BCUT2D eigenvalue weighted by molar-refractivity contribution is -0.127. The van der Waals surface area contributed by atoms with E-state index in [0.717, 1.165) is 50.3 Å². The van der Waals surface area contributed by atoms with E-state index in [1.165, 1.54) is 0 Å². The van der Waals surface area contributed by atoms with E-state index in [1.807, 2.05) is 30.1 Å². The lowest BCUT2D eigenvalue weighted by atomic mass is 10.1. The van der Waals surface area contributed by atoms with Gasteiger partial charge in [0.25, 0.3) is 5.56 Å². The number of carbonyl (C=O) groups excluding carboxylic acids is 1. The summed E-state index contributed by atoms with van der Waals surface area (Å²) in [6.45, 7) is 5.76. The molecule has 0 saturated carbocycles. The van der Waals surface area contributed by atoms with Crippen LogP contribution in [-0.2, 0) is 16.1 Å². The average molecular weight is 399 g/mol. The third-order valence-electron chi connectivity index (χ3n) is 6.18. The van der Waals surface area contributed by atoms with Gasteiger partial charge in [0.15, 0.2) is 0 Å². The van der Waals surface area contributed by atoms with Crippen LogP contribution >= 0.6 is 0 Å². The quantitative estimate of drug-likeness (QED) is 0.715. The van der Waals surface area contributed by atoms with Gasteiger partial charge >= 0.3 is 0 Å². The molecule has 0 bridgehead atoms. The van der Waals surface area contributed by atoms with Crippen LogP contribution in [0.1, 0.15) is 12.8 Å². The highest BCUT2D eigenvalue weighted by Gasteiger charge is 2.30. The molecule has 4 rings (SSSR count). The van der Waals surface area contributed by atoms with E-state index in [4.69, 9.17) is 4.74 Å². The monoisotopic (exact) mass is 399 g/mol. The molecule has 0 N–H and O–H groups in total. The number of amides is 1. The third-order valence-corrected chi connectivity index (χ3v) is 6.18. The van der Waals surface area contributed by atoms with Gasteiger partial charge in [-0.3, -0.25) is 19.1 Å². The zero-order valence-electron chi connectivity index (χ0n) is 17.2. The molecule has 1 atom stereocenters. The number of likely N-dealkylation sites (N-methyl/N-ethyl adjacent to an activating group) is 1. The van der Waals surface area contributed by atoms with Crippen LogP contribution in [0.2, 0.25) is 0 Å². The molecule has 0 aliphatic carbocycles. The Morgan fingerprint density at radius 1 is 1.17 bits per heavy atom. The zero-order valence-corrected chi connectivity index (χ0v) is 17.2. The van der Waals surface area contributed by atoms with Crippen LogP contribution < -0.4 is 10.5 Å². The fourth-order valence-corrected chi connectivity index (χ4v) is 4.26. The Morgan fingerprint density at radius 3 is 2.66 bits per heavy atom. The molecular weight excluding hydrogens is 370 g/mol. The maximum absolute atomic E-state index is 12.6. The number of fused-ring (bicyclic) bond motifs is 1. The average Bonchev–Trinajstić information content (AvgIpc) is 3.06. The molecule has 1 unspecified atom stereocenters. The molecule has 2 aliphatic rings. The summed E-state index contributed by atoms with van der Waals surface area (Å²) in [6, 6.07) is 6.26. The SMILES string of the molecule is COCCn1cnc2cc(N3CCN(CC4CCC(=O)N4C)CC3)ccc2c1=O. The molecule has 3 heterocycles. The van der Waals surface area contributed by atoms with Gasteiger partial charge in [-0.1, -0.05) is 0 Å². The summed E-state index contributed by atoms with van der Waals surface area (Å²) in [5, 5.41) is 0.639. The lowest BCUT2D eigenvalue weighted by Crippen LogP contribution is -2.50. The maximum Gasteiger partial charge on any atom is 0.261 e. The summed E-state index contributed by atoms with van der Waals surface area (Å²) >= 11 is 0. The van der Waals surface area contributed by atoms with Gasteiger partial charge in [-0.2, -0.15) is 0 Å². The van der Waals surface area contributed by atoms with Crippen LogP contribution in [0.15, 0.2) is 29.3 Å². The van der Waals surface area contributed by atoms with Gasteiger partial charge in [0.1, 0.15) is 0 Å². The predicted molar refractivity (Wildman–Crippen MR) is 112 cm³/mol. The first-order chi connectivity index (χ1) is 14.1. The molecule has 8 heteroatoms. The summed E-state index contributed by atoms with van der Waals surface area (Å²) in [7, 11) is 3.54. The standard InChI is InChI=1S/C21H29N5O3/c1-23-17(4-6-20(23)27)14-24-7-9-25(10-8-24)16-3-5-18-19(13-16)22-15-26(21(18)28)11-12-29-2/h3,5,13,15,17H,4,6-12,14H2,1-2H3. The minimum Gasteiger partial charge on any atom is -0.383 e. The number of anilines is 1. The summed E-state index contributed by atoms with van der Waals surface area (Å²) in [4.78, 5) is 35.5. The van der Waals surface area contributed by atoms with Crippen molar-refractivity contribution < 1.29 is 9.53 Å². The molecule has 1 aromatic heterocycles. The minimum atomic E-state index is -0.0290. The highest BCUT2D eigenvalue weighted by atomic mass is 16.5. The number of rotatable bonds is 6. The Bertz CT molecular complexity index is 936. The van der Waals surface area contributed by atoms with Crippen molar-refractivity contribution in [2.75, 3.05) is 58.4 Å². The largest absolute Gasteiger partial charge is 0.383 e. The van der Waals surface area contributed by atoms with E-state index in [2.05, 4.69) is 14.8 Å². The van der Waals surface area contributed by atoms with Crippen LogP contribution in [0, 0.1) is 0 Å². The first-order valence-corrected chi connectivity index (χ1v) is 10.3. The first-order valence-electron chi connectivity index (χ1n) is 10.3. The number of piperazine rings is 1. The Kier molecular flexibility index (Phi) is 5.82. The van der Waals surface area contributed by atoms with Crippen molar-refractivity contribution in [2.45, 2.75) is 25.4 Å². The number of benzene rings is 1. The van der Waals surface area contributed by atoms with Crippen LogP contribution in [0.4, 0.5) is 5.69 Å². The lowest BCUT2D eigenvalue weighted by Gasteiger charge is -2.38. The van der Waals surface area contributed by atoms with Crippen molar-refractivity contribution in [1.82, 2.24) is 19.4 Å². The molecule has 2 fully saturated rings. The Morgan fingerprint density at radius 2 is 1.97 bits per heavy atom. The van der Waals surface area contributed by atoms with Gasteiger partial charge in [-0.05, 0) is 24.6 Å². The van der Waals surface area contributed by atoms with Crippen LogP contribution in [-0.4, -0.2) is 84.8 Å². The van der Waals surface area contributed by atoms with E-state index in [9.17, 15) is 9.59 Å². The second-order valence-corrected chi connectivity index (χ2v) is 7.92. The van der Waals surface area contributed by atoms with E-state index in [-0.39, 0.29) is 11.5 Å². The second-order valence-electron chi connectivity index (χ2n) is 7.92. The number of ether oxygens (including phenoxy) is 1. The van der Waals surface area contributed by atoms with Gasteiger partial charge in [-0.25, -0.2) is 4.98 Å². The number of carbonyl (C=O) groups is 1. The van der Waals surface area contributed by atoms with Gasteiger partial charge in [-0.15, -0.1) is 0 Å². The normalized spacial score (nSPS) is 20.8. The first kappa shape index (κ1) is 19.8. The molecule has 1 amide bonds.